The third-order valence-electron chi connectivity index (χ3n) is 2.63. The maximum absolute atomic E-state index is 11.0. The maximum atomic E-state index is 11.0. The molecule has 1 aromatic rings. The molecule has 0 saturated heterocycles. The minimum Gasteiger partial charge on any atom is -0.488 e. The predicted molar refractivity (Wildman–Crippen MR) is 59.6 cm³/mol. The first-order valence-corrected chi connectivity index (χ1v) is 5.33. The second-order valence-corrected chi connectivity index (χ2v) is 4.93. The summed E-state index contributed by atoms with van der Waals surface area (Å²) >= 11 is 5.90. The highest BCUT2D eigenvalue weighted by atomic mass is 35.5. The van der Waals surface area contributed by atoms with E-state index in [1.807, 2.05) is 26.0 Å². The Morgan fingerprint density at radius 1 is 1.53 bits per heavy atom. The van der Waals surface area contributed by atoms with Crippen molar-refractivity contribution in [2.24, 2.45) is 0 Å². The zero-order valence-corrected chi connectivity index (χ0v) is 9.54. The Balaban J connectivity index is 2.49. The van der Waals surface area contributed by atoms with Gasteiger partial charge in [0.05, 0.1) is 0 Å². The highest BCUT2D eigenvalue weighted by molar-refractivity contribution is 6.30. The molecule has 1 aliphatic rings. The topological polar surface area (TPSA) is 26.3 Å². The monoisotopic (exact) mass is 224 g/mol. The fourth-order valence-electron chi connectivity index (χ4n) is 2.00. The van der Waals surface area contributed by atoms with Crippen LogP contribution in [0.4, 0.5) is 0 Å². The molecule has 3 heteroatoms. The fraction of sp³-hybridized carbons (Fsp3) is 0.417. The molecule has 80 valence electrons. The third kappa shape index (κ3) is 2.00. The predicted octanol–water partition coefficient (Wildman–Crippen LogP) is 3.18. The molecule has 0 radical (unpaired) electrons. The Bertz CT molecular complexity index is 399. The van der Waals surface area contributed by atoms with Crippen LogP contribution < -0.4 is 4.74 Å². The van der Waals surface area contributed by atoms with Crippen molar-refractivity contribution in [3.63, 3.8) is 0 Å². The van der Waals surface area contributed by atoms with Gasteiger partial charge in [0.1, 0.15) is 17.6 Å². The molecular formula is C12H13ClO2. The summed E-state index contributed by atoms with van der Waals surface area (Å²) < 4.78 is 5.79. The van der Waals surface area contributed by atoms with E-state index in [0.717, 1.165) is 17.6 Å². The number of ether oxygens (including phenoxy) is 1. The first kappa shape index (κ1) is 10.5. The van der Waals surface area contributed by atoms with Crippen LogP contribution in [0.15, 0.2) is 18.2 Å². The quantitative estimate of drug-likeness (QED) is 0.685. The largest absolute Gasteiger partial charge is 0.488 e. The molecule has 0 fully saturated rings. The second-order valence-electron chi connectivity index (χ2n) is 4.49. The Labute approximate surface area is 94.2 Å². The van der Waals surface area contributed by atoms with Crippen molar-refractivity contribution in [1.82, 2.24) is 0 Å². The number of halogens is 1. The molecule has 1 atom stereocenters. The third-order valence-corrected chi connectivity index (χ3v) is 2.87. The van der Waals surface area contributed by atoms with Gasteiger partial charge in [-0.2, -0.15) is 0 Å². The molecule has 2 rings (SSSR count). The molecule has 1 heterocycles. The maximum Gasteiger partial charge on any atom is 0.127 e. The lowest BCUT2D eigenvalue weighted by atomic mass is 9.85. The minimum absolute atomic E-state index is 0.109. The Morgan fingerprint density at radius 3 is 2.93 bits per heavy atom. The SMILES string of the molecule is CC1(C)CC(C=O)c2cc(Cl)ccc2O1. The molecule has 2 nitrogen and oxygen atoms in total. The lowest BCUT2D eigenvalue weighted by Gasteiger charge is -2.35. The van der Waals surface area contributed by atoms with Crippen molar-refractivity contribution in [3.8, 4) is 5.75 Å². The summed E-state index contributed by atoms with van der Waals surface area (Å²) in [7, 11) is 0. The Hall–Kier alpha value is -1.02. The zero-order chi connectivity index (χ0) is 11.1. The van der Waals surface area contributed by atoms with Crippen molar-refractivity contribution in [1.29, 1.82) is 0 Å². The molecule has 0 bridgehead atoms. The van der Waals surface area contributed by atoms with Crippen molar-refractivity contribution < 1.29 is 9.53 Å². The van der Waals surface area contributed by atoms with Gasteiger partial charge >= 0.3 is 0 Å². The van der Waals surface area contributed by atoms with Gasteiger partial charge < -0.3 is 9.53 Å². The van der Waals surface area contributed by atoms with E-state index in [2.05, 4.69) is 0 Å². The summed E-state index contributed by atoms with van der Waals surface area (Å²) in [4.78, 5) is 11.0. The van der Waals surface area contributed by atoms with Gasteiger partial charge in [-0.15, -0.1) is 0 Å². The van der Waals surface area contributed by atoms with E-state index < -0.39 is 0 Å². The highest BCUT2D eigenvalue weighted by Crippen LogP contribution is 2.40. The van der Waals surface area contributed by atoms with Gasteiger partial charge in [-0.05, 0) is 32.0 Å². The van der Waals surface area contributed by atoms with Crippen LogP contribution in [-0.4, -0.2) is 11.9 Å². The van der Waals surface area contributed by atoms with E-state index >= 15 is 0 Å². The molecule has 0 aromatic heterocycles. The van der Waals surface area contributed by atoms with Crippen LogP contribution in [0.1, 0.15) is 31.7 Å². The number of aldehydes is 1. The molecule has 0 amide bonds. The zero-order valence-electron chi connectivity index (χ0n) is 8.79. The van der Waals surface area contributed by atoms with Crippen LogP contribution in [0.5, 0.6) is 5.75 Å². The average Bonchev–Trinajstić information content (AvgIpc) is 2.16. The summed E-state index contributed by atoms with van der Waals surface area (Å²) in [6, 6.07) is 5.42. The molecule has 1 aromatic carbocycles. The van der Waals surface area contributed by atoms with Crippen molar-refractivity contribution >= 4 is 17.9 Å². The summed E-state index contributed by atoms with van der Waals surface area (Å²) in [6.45, 7) is 3.97. The molecule has 0 aliphatic carbocycles. The smallest absolute Gasteiger partial charge is 0.127 e. The normalized spacial score (nSPS) is 22.7. The number of benzene rings is 1. The van der Waals surface area contributed by atoms with Crippen molar-refractivity contribution in [2.45, 2.75) is 31.8 Å². The van der Waals surface area contributed by atoms with Crippen LogP contribution in [0.3, 0.4) is 0 Å². The molecule has 0 N–H and O–H groups in total. The average molecular weight is 225 g/mol. The van der Waals surface area contributed by atoms with Gasteiger partial charge in [0.15, 0.2) is 0 Å². The van der Waals surface area contributed by atoms with Crippen LogP contribution in [0.2, 0.25) is 5.02 Å². The van der Waals surface area contributed by atoms with E-state index in [0.29, 0.717) is 11.4 Å². The molecule has 15 heavy (non-hydrogen) atoms. The molecule has 1 unspecified atom stereocenters. The second kappa shape index (κ2) is 3.53. The number of carbonyl (C=O) groups excluding carboxylic acids is 1. The van der Waals surface area contributed by atoms with Crippen molar-refractivity contribution in [2.75, 3.05) is 0 Å². The van der Waals surface area contributed by atoms with Gasteiger partial charge in [-0.3, -0.25) is 0 Å². The lowest BCUT2D eigenvalue weighted by molar-refractivity contribution is -0.110. The van der Waals surface area contributed by atoms with Gasteiger partial charge in [0.25, 0.3) is 0 Å². The summed E-state index contributed by atoms with van der Waals surface area (Å²) in [6.07, 6.45) is 1.67. The number of fused-ring (bicyclic) bond motifs is 1. The van der Waals surface area contributed by atoms with Crippen LogP contribution in [0.25, 0.3) is 0 Å². The van der Waals surface area contributed by atoms with E-state index in [1.54, 1.807) is 6.07 Å². The lowest BCUT2D eigenvalue weighted by Crippen LogP contribution is -2.35. The Kier molecular flexibility index (Phi) is 2.47. The van der Waals surface area contributed by atoms with E-state index in [4.69, 9.17) is 16.3 Å². The van der Waals surface area contributed by atoms with E-state index in [-0.39, 0.29) is 11.5 Å². The highest BCUT2D eigenvalue weighted by Gasteiger charge is 2.33. The van der Waals surface area contributed by atoms with Crippen molar-refractivity contribution in [3.05, 3.63) is 28.8 Å². The number of hydrogen-bond acceptors (Lipinski definition) is 2. The van der Waals surface area contributed by atoms with Gasteiger partial charge in [-0.1, -0.05) is 11.6 Å². The Morgan fingerprint density at radius 2 is 2.27 bits per heavy atom. The summed E-state index contributed by atoms with van der Waals surface area (Å²) in [5, 5.41) is 0.643. The van der Waals surface area contributed by atoms with Gasteiger partial charge in [0, 0.05) is 22.9 Å². The number of carbonyl (C=O) groups is 1. The first-order valence-electron chi connectivity index (χ1n) is 4.95. The molecule has 0 saturated carbocycles. The number of hydrogen-bond donors (Lipinski definition) is 0. The van der Waals surface area contributed by atoms with E-state index in [9.17, 15) is 4.79 Å². The molecule has 0 spiro atoms. The first-order chi connectivity index (χ1) is 7.02. The van der Waals surface area contributed by atoms with Crippen LogP contribution in [-0.2, 0) is 4.79 Å². The molecule has 1 aliphatic heterocycles. The molecular weight excluding hydrogens is 212 g/mol. The standard InChI is InChI=1S/C12H13ClO2/c1-12(2)6-8(7-14)10-5-9(13)3-4-11(10)15-12/h3-5,7-8H,6H2,1-2H3. The van der Waals surface area contributed by atoms with Crippen LogP contribution in [0, 0.1) is 0 Å². The van der Waals surface area contributed by atoms with E-state index in [1.165, 1.54) is 0 Å². The minimum atomic E-state index is -0.285. The summed E-state index contributed by atoms with van der Waals surface area (Å²) in [5.74, 6) is 0.662. The van der Waals surface area contributed by atoms with Gasteiger partial charge in [-0.25, -0.2) is 0 Å². The summed E-state index contributed by atoms with van der Waals surface area (Å²) in [5.41, 5.74) is 0.615. The number of rotatable bonds is 1. The van der Waals surface area contributed by atoms with Crippen LogP contribution >= 0.6 is 11.6 Å². The van der Waals surface area contributed by atoms with Gasteiger partial charge in [0.2, 0.25) is 0 Å². The fourth-order valence-corrected chi connectivity index (χ4v) is 2.18.